The highest BCUT2D eigenvalue weighted by Crippen LogP contribution is 2.32. The maximum atomic E-state index is 12.0. The van der Waals surface area contributed by atoms with Gasteiger partial charge >= 0.3 is 12.0 Å². The van der Waals surface area contributed by atoms with E-state index < -0.39 is 5.97 Å². The summed E-state index contributed by atoms with van der Waals surface area (Å²) in [4.78, 5) is 20.1. The topological polar surface area (TPSA) is 89.0 Å². The second-order valence-corrected chi connectivity index (χ2v) is 4.16. The Morgan fingerprint density at radius 1 is 0.913 bits per heavy atom. The van der Waals surface area contributed by atoms with Gasteiger partial charge in [-0.1, -0.05) is 6.07 Å². The minimum atomic E-state index is -0.604. The molecule has 0 atom stereocenters. The van der Waals surface area contributed by atoms with Crippen LogP contribution in [0.15, 0.2) is 24.3 Å². The van der Waals surface area contributed by atoms with E-state index in [9.17, 15) is 4.79 Å². The summed E-state index contributed by atoms with van der Waals surface area (Å²) >= 11 is 0. The number of esters is 1. The summed E-state index contributed by atoms with van der Waals surface area (Å²) in [6.07, 6.45) is 0. The second-order valence-electron chi connectivity index (χ2n) is 4.16. The van der Waals surface area contributed by atoms with Gasteiger partial charge in [-0.3, -0.25) is 0 Å². The summed E-state index contributed by atoms with van der Waals surface area (Å²) < 4.78 is 25.6. The average Bonchev–Trinajstić information content (AvgIpc) is 2.60. The molecule has 0 radical (unpaired) electrons. The molecule has 2 aromatic rings. The van der Waals surface area contributed by atoms with E-state index in [-0.39, 0.29) is 29.1 Å². The molecule has 0 saturated carbocycles. The smallest absolute Gasteiger partial charge is 0.345 e. The molecule has 0 saturated heterocycles. The highest BCUT2D eigenvalue weighted by molar-refractivity contribution is 5.95. The Labute approximate surface area is 132 Å². The van der Waals surface area contributed by atoms with Gasteiger partial charge in [0.15, 0.2) is 0 Å². The summed E-state index contributed by atoms with van der Waals surface area (Å²) in [5.74, 6) is 0.409. The molecule has 2 rings (SSSR count). The number of nitrogens with zero attached hydrogens (tertiary/aromatic N) is 2. The molecule has 8 heteroatoms. The third-order valence-corrected chi connectivity index (χ3v) is 2.88. The number of hydrogen-bond acceptors (Lipinski definition) is 8. The molecule has 8 nitrogen and oxygen atoms in total. The molecule has 0 amide bonds. The molecule has 0 spiro atoms. The number of aromatic nitrogens is 2. The van der Waals surface area contributed by atoms with Crippen molar-refractivity contribution < 1.29 is 28.5 Å². The Morgan fingerprint density at radius 2 is 1.52 bits per heavy atom. The Kier molecular flexibility index (Phi) is 5.19. The van der Waals surface area contributed by atoms with Crippen LogP contribution in [0.1, 0.15) is 10.4 Å². The zero-order valence-electron chi connectivity index (χ0n) is 13.2. The van der Waals surface area contributed by atoms with E-state index in [1.807, 2.05) is 0 Å². The molecule has 0 aliphatic rings. The van der Waals surface area contributed by atoms with Crippen LogP contribution in [0.4, 0.5) is 0 Å². The van der Waals surface area contributed by atoms with Gasteiger partial charge < -0.3 is 23.7 Å². The molecule has 0 fully saturated rings. The van der Waals surface area contributed by atoms with E-state index in [1.54, 1.807) is 18.2 Å². The van der Waals surface area contributed by atoms with Gasteiger partial charge in [-0.05, 0) is 12.1 Å². The van der Waals surface area contributed by atoms with Crippen molar-refractivity contribution in [3.63, 3.8) is 0 Å². The van der Waals surface area contributed by atoms with E-state index in [0.29, 0.717) is 5.75 Å². The normalized spacial score (nSPS) is 9.91. The molecule has 0 bridgehead atoms. The van der Waals surface area contributed by atoms with Gasteiger partial charge in [-0.2, -0.15) is 9.97 Å². The standard InChI is InChI=1S/C15H16N2O6/c1-19-9-6-5-7-10(13(9)14(18)22-4)23-15-16-11(20-2)8-12(17-15)21-3/h5-8H,1-4H3. The van der Waals surface area contributed by atoms with E-state index in [1.165, 1.54) is 34.5 Å². The van der Waals surface area contributed by atoms with E-state index in [2.05, 4.69) is 9.97 Å². The molecule has 0 unspecified atom stereocenters. The van der Waals surface area contributed by atoms with Crippen molar-refractivity contribution in [2.75, 3.05) is 28.4 Å². The van der Waals surface area contributed by atoms with Crippen LogP contribution in [0.5, 0.6) is 29.3 Å². The lowest BCUT2D eigenvalue weighted by molar-refractivity contribution is 0.0594. The fourth-order valence-corrected chi connectivity index (χ4v) is 1.81. The van der Waals surface area contributed by atoms with Crippen LogP contribution in [-0.4, -0.2) is 44.4 Å². The summed E-state index contributed by atoms with van der Waals surface area (Å²) in [7, 11) is 5.62. The van der Waals surface area contributed by atoms with Crippen LogP contribution >= 0.6 is 0 Å². The number of methoxy groups -OCH3 is 4. The van der Waals surface area contributed by atoms with Crippen LogP contribution in [-0.2, 0) is 4.74 Å². The van der Waals surface area contributed by atoms with Crippen LogP contribution in [0, 0.1) is 0 Å². The van der Waals surface area contributed by atoms with Crippen molar-refractivity contribution in [2.24, 2.45) is 0 Å². The van der Waals surface area contributed by atoms with Crippen LogP contribution in [0.25, 0.3) is 0 Å². The van der Waals surface area contributed by atoms with Crippen molar-refractivity contribution in [2.45, 2.75) is 0 Å². The molecule has 0 aliphatic carbocycles. The van der Waals surface area contributed by atoms with Crippen LogP contribution in [0.3, 0.4) is 0 Å². The van der Waals surface area contributed by atoms with Crippen molar-refractivity contribution in [3.05, 3.63) is 29.8 Å². The quantitative estimate of drug-likeness (QED) is 0.747. The zero-order chi connectivity index (χ0) is 16.8. The largest absolute Gasteiger partial charge is 0.496 e. The summed E-state index contributed by atoms with van der Waals surface area (Å²) in [5.41, 5.74) is 0.128. The fourth-order valence-electron chi connectivity index (χ4n) is 1.81. The van der Waals surface area contributed by atoms with Gasteiger partial charge in [0.25, 0.3) is 0 Å². The first-order valence-electron chi connectivity index (χ1n) is 6.53. The van der Waals surface area contributed by atoms with Gasteiger partial charge in [0, 0.05) is 0 Å². The Morgan fingerprint density at radius 3 is 2.04 bits per heavy atom. The Bertz CT molecular complexity index is 682. The highest BCUT2D eigenvalue weighted by atomic mass is 16.5. The maximum absolute atomic E-state index is 12.0. The summed E-state index contributed by atoms with van der Waals surface area (Å²) in [6.45, 7) is 0. The van der Waals surface area contributed by atoms with Gasteiger partial charge in [-0.15, -0.1) is 0 Å². The molecular weight excluding hydrogens is 304 g/mol. The number of carbonyl (C=O) groups is 1. The lowest BCUT2D eigenvalue weighted by atomic mass is 10.2. The molecular formula is C15H16N2O6. The molecule has 0 N–H and O–H groups in total. The molecule has 23 heavy (non-hydrogen) atoms. The fraction of sp³-hybridized carbons (Fsp3) is 0.267. The number of rotatable bonds is 6. The number of ether oxygens (including phenoxy) is 5. The van der Waals surface area contributed by atoms with Crippen LogP contribution in [0.2, 0.25) is 0 Å². The third-order valence-electron chi connectivity index (χ3n) is 2.88. The van der Waals surface area contributed by atoms with Crippen LogP contribution < -0.4 is 18.9 Å². The van der Waals surface area contributed by atoms with Crippen molar-refractivity contribution in [1.29, 1.82) is 0 Å². The minimum absolute atomic E-state index is 0.0420. The minimum Gasteiger partial charge on any atom is -0.496 e. The SMILES string of the molecule is COC(=O)c1c(OC)cccc1Oc1nc(OC)cc(OC)n1. The van der Waals surface area contributed by atoms with Gasteiger partial charge in [-0.25, -0.2) is 4.79 Å². The molecule has 0 aliphatic heterocycles. The number of benzene rings is 1. The predicted molar refractivity (Wildman–Crippen MR) is 79.5 cm³/mol. The maximum Gasteiger partial charge on any atom is 0.345 e. The van der Waals surface area contributed by atoms with E-state index in [4.69, 9.17) is 23.7 Å². The Balaban J connectivity index is 2.46. The third kappa shape index (κ3) is 3.60. The highest BCUT2D eigenvalue weighted by Gasteiger charge is 2.21. The number of hydrogen-bond donors (Lipinski definition) is 0. The first kappa shape index (κ1) is 16.3. The second kappa shape index (κ2) is 7.30. The van der Waals surface area contributed by atoms with Gasteiger partial charge in [0.2, 0.25) is 11.8 Å². The lowest BCUT2D eigenvalue weighted by Gasteiger charge is -2.12. The average molecular weight is 320 g/mol. The first-order chi connectivity index (χ1) is 11.1. The molecule has 122 valence electrons. The summed E-state index contributed by atoms with van der Waals surface area (Å²) in [6, 6.07) is 6.31. The van der Waals surface area contributed by atoms with Crippen molar-refractivity contribution in [1.82, 2.24) is 9.97 Å². The predicted octanol–water partition coefficient (Wildman–Crippen LogP) is 2.08. The van der Waals surface area contributed by atoms with Crippen molar-refractivity contribution >= 4 is 5.97 Å². The zero-order valence-corrected chi connectivity index (χ0v) is 13.2. The van der Waals surface area contributed by atoms with E-state index in [0.717, 1.165) is 0 Å². The monoisotopic (exact) mass is 320 g/mol. The lowest BCUT2D eigenvalue weighted by Crippen LogP contribution is -2.07. The van der Waals surface area contributed by atoms with Crippen molar-refractivity contribution in [3.8, 4) is 29.3 Å². The van der Waals surface area contributed by atoms with E-state index >= 15 is 0 Å². The Hall–Kier alpha value is -3.03. The number of carbonyl (C=O) groups excluding carboxylic acids is 1. The van der Waals surface area contributed by atoms with Gasteiger partial charge in [0.05, 0.1) is 34.5 Å². The molecule has 1 aromatic carbocycles. The first-order valence-corrected chi connectivity index (χ1v) is 6.53. The summed E-state index contributed by atoms with van der Waals surface area (Å²) in [5, 5.41) is 0. The molecule has 1 heterocycles. The molecule has 1 aromatic heterocycles. The van der Waals surface area contributed by atoms with Gasteiger partial charge in [0.1, 0.15) is 17.1 Å².